The molecule has 1 N–H and O–H groups in total. The van der Waals surface area contributed by atoms with E-state index in [-0.39, 0.29) is 6.03 Å². The number of fused-ring (bicyclic) bond motifs is 2. The van der Waals surface area contributed by atoms with Gasteiger partial charge in [-0.2, -0.15) is 4.98 Å². The molecule has 3 rings (SSSR count). The number of amides is 2. The Bertz CT molecular complexity index is 498. The fourth-order valence-electron chi connectivity index (χ4n) is 3.76. The van der Waals surface area contributed by atoms with Crippen LogP contribution in [0.25, 0.3) is 0 Å². The van der Waals surface area contributed by atoms with Crippen LogP contribution in [0, 0.1) is 0 Å². The highest BCUT2D eigenvalue weighted by molar-refractivity contribution is 5.88. The van der Waals surface area contributed by atoms with Crippen LogP contribution in [-0.2, 0) is 13.5 Å². The van der Waals surface area contributed by atoms with Crippen molar-refractivity contribution in [3.05, 3.63) is 5.82 Å². The van der Waals surface area contributed by atoms with Crippen LogP contribution in [-0.4, -0.2) is 37.8 Å². The van der Waals surface area contributed by atoms with Crippen LogP contribution in [0.2, 0.25) is 0 Å². The van der Waals surface area contributed by atoms with E-state index < -0.39 is 0 Å². The summed E-state index contributed by atoms with van der Waals surface area (Å²) in [4.78, 5) is 19.1. The summed E-state index contributed by atoms with van der Waals surface area (Å²) in [6.07, 6.45) is 9.11. The molecule has 0 unspecified atom stereocenters. The second-order valence-corrected chi connectivity index (χ2v) is 6.19. The molecule has 2 aliphatic rings. The zero-order chi connectivity index (χ0) is 14.8. The molecule has 2 aliphatic heterocycles. The molecule has 0 saturated carbocycles. The first-order valence-electron chi connectivity index (χ1n) is 8.18. The van der Waals surface area contributed by atoms with Gasteiger partial charge in [0.05, 0.1) is 0 Å². The Hall–Kier alpha value is -1.59. The Morgan fingerprint density at radius 2 is 1.81 bits per heavy atom. The molecule has 0 aliphatic carbocycles. The average molecular weight is 291 g/mol. The van der Waals surface area contributed by atoms with Gasteiger partial charge in [0.25, 0.3) is 0 Å². The third-order valence-electron chi connectivity index (χ3n) is 4.81. The molecule has 6 nitrogen and oxygen atoms in total. The second-order valence-electron chi connectivity index (χ2n) is 6.19. The summed E-state index contributed by atoms with van der Waals surface area (Å²) < 4.78 is 1.73. The predicted molar refractivity (Wildman–Crippen MR) is 81.1 cm³/mol. The van der Waals surface area contributed by atoms with Crippen LogP contribution < -0.4 is 5.32 Å². The molecule has 3 heterocycles. The van der Waals surface area contributed by atoms with Gasteiger partial charge in [0.15, 0.2) is 0 Å². The highest BCUT2D eigenvalue weighted by atomic mass is 16.2. The highest BCUT2D eigenvalue weighted by Crippen LogP contribution is 2.32. The lowest BCUT2D eigenvalue weighted by atomic mass is 9.95. The van der Waals surface area contributed by atoms with Crippen molar-refractivity contribution < 1.29 is 4.79 Å². The van der Waals surface area contributed by atoms with E-state index >= 15 is 0 Å². The average Bonchev–Trinajstić information content (AvgIpc) is 2.77. The number of hydrogen-bond acceptors (Lipinski definition) is 3. The number of urea groups is 1. The van der Waals surface area contributed by atoms with Gasteiger partial charge in [-0.3, -0.25) is 10.00 Å². The normalized spacial score (nSPS) is 25.5. The second kappa shape index (κ2) is 6.03. The lowest BCUT2D eigenvalue weighted by Crippen LogP contribution is -2.50. The molecular weight excluding hydrogens is 266 g/mol. The first-order chi connectivity index (χ1) is 10.2. The summed E-state index contributed by atoms with van der Waals surface area (Å²) in [6.45, 7) is 2.04. The highest BCUT2D eigenvalue weighted by Gasteiger charge is 2.35. The third-order valence-corrected chi connectivity index (χ3v) is 4.81. The number of rotatable bonds is 2. The maximum atomic E-state index is 12.7. The lowest BCUT2D eigenvalue weighted by Gasteiger charge is -2.40. The first kappa shape index (κ1) is 14.4. The summed E-state index contributed by atoms with van der Waals surface area (Å²) in [5.74, 6) is 1.32. The van der Waals surface area contributed by atoms with Gasteiger partial charge in [0, 0.05) is 25.6 Å². The molecule has 0 radical (unpaired) electrons. The van der Waals surface area contributed by atoms with E-state index in [0.717, 1.165) is 37.9 Å². The van der Waals surface area contributed by atoms with Gasteiger partial charge >= 0.3 is 6.03 Å². The van der Waals surface area contributed by atoms with Crippen LogP contribution in [0.15, 0.2) is 0 Å². The van der Waals surface area contributed by atoms with E-state index in [1.165, 1.54) is 19.3 Å². The smallest absolute Gasteiger partial charge is 0.318 e. The van der Waals surface area contributed by atoms with Crippen molar-refractivity contribution in [2.75, 3.05) is 5.32 Å². The van der Waals surface area contributed by atoms with E-state index in [1.807, 2.05) is 14.0 Å². The summed E-state index contributed by atoms with van der Waals surface area (Å²) >= 11 is 0. The zero-order valence-corrected chi connectivity index (χ0v) is 13.0. The standard InChI is InChI=1S/C15H25N5O/c1-3-13-16-14(18-19(13)2)17-15(21)20-11-7-4-5-8-12(20)10-6-9-11/h11-12H,3-10H2,1-2H3,(H,17,18,21)/t11-,12-/m0/s1. The summed E-state index contributed by atoms with van der Waals surface area (Å²) in [6, 6.07) is 0.793. The summed E-state index contributed by atoms with van der Waals surface area (Å²) in [5, 5.41) is 7.19. The Morgan fingerprint density at radius 3 is 2.38 bits per heavy atom. The van der Waals surface area contributed by atoms with Crippen molar-refractivity contribution in [3.8, 4) is 0 Å². The Kier molecular flexibility index (Phi) is 4.12. The van der Waals surface area contributed by atoms with Crippen LogP contribution >= 0.6 is 0 Å². The van der Waals surface area contributed by atoms with Crippen molar-refractivity contribution in [2.45, 2.75) is 70.4 Å². The van der Waals surface area contributed by atoms with Crippen LogP contribution in [0.4, 0.5) is 10.7 Å². The van der Waals surface area contributed by atoms with Gasteiger partial charge in [-0.25, -0.2) is 4.79 Å². The Morgan fingerprint density at radius 1 is 1.19 bits per heavy atom. The molecule has 2 amide bonds. The van der Waals surface area contributed by atoms with Crippen molar-refractivity contribution >= 4 is 12.0 Å². The number of aryl methyl sites for hydroxylation is 2. The number of carbonyl (C=O) groups excluding carboxylic acids is 1. The van der Waals surface area contributed by atoms with Crippen molar-refractivity contribution in [3.63, 3.8) is 0 Å². The van der Waals surface area contributed by atoms with Gasteiger partial charge in [-0.15, -0.1) is 5.10 Å². The fraction of sp³-hybridized carbons (Fsp3) is 0.800. The maximum Gasteiger partial charge on any atom is 0.324 e. The molecule has 2 bridgehead atoms. The number of piperidine rings is 1. The van der Waals surface area contributed by atoms with E-state index in [4.69, 9.17) is 0 Å². The third kappa shape index (κ3) is 2.89. The van der Waals surface area contributed by atoms with E-state index in [9.17, 15) is 4.79 Å². The molecule has 2 atom stereocenters. The summed E-state index contributed by atoms with van der Waals surface area (Å²) in [5.41, 5.74) is 0. The number of hydrogen-bond donors (Lipinski definition) is 1. The lowest BCUT2D eigenvalue weighted by molar-refractivity contribution is 0.119. The molecule has 1 aromatic rings. The molecule has 0 spiro atoms. The van der Waals surface area contributed by atoms with Crippen molar-refractivity contribution in [2.24, 2.45) is 7.05 Å². The topological polar surface area (TPSA) is 63.1 Å². The van der Waals surface area contributed by atoms with E-state index in [0.29, 0.717) is 18.0 Å². The minimum Gasteiger partial charge on any atom is -0.318 e. The van der Waals surface area contributed by atoms with E-state index in [1.54, 1.807) is 4.68 Å². The van der Waals surface area contributed by atoms with Gasteiger partial charge in [-0.1, -0.05) is 19.8 Å². The fourth-order valence-corrected chi connectivity index (χ4v) is 3.76. The SMILES string of the molecule is CCc1nc(NC(=O)N2[C@H]3CCCC[C@H]2CCC3)nn1C. The maximum absolute atomic E-state index is 12.7. The number of anilines is 1. The quantitative estimate of drug-likeness (QED) is 0.911. The predicted octanol–water partition coefficient (Wildman–Crippen LogP) is 2.71. The van der Waals surface area contributed by atoms with E-state index in [2.05, 4.69) is 20.3 Å². The molecule has 116 valence electrons. The van der Waals surface area contributed by atoms with Crippen LogP contribution in [0.3, 0.4) is 0 Å². The Labute approximate surface area is 125 Å². The summed E-state index contributed by atoms with van der Waals surface area (Å²) in [7, 11) is 1.86. The molecular formula is C15H25N5O. The number of nitrogens with zero attached hydrogens (tertiary/aromatic N) is 4. The molecule has 2 fully saturated rings. The monoisotopic (exact) mass is 291 g/mol. The molecule has 6 heteroatoms. The zero-order valence-electron chi connectivity index (χ0n) is 13.0. The number of aromatic nitrogens is 3. The van der Waals surface area contributed by atoms with Crippen LogP contribution in [0.1, 0.15) is 57.7 Å². The first-order valence-corrected chi connectivity index (χ1v) is 8.18. The minimum absolute atomic E-state index is 0.0140. The molecule has 0 aromatic carbocycles. The molecule has 2 saturated heterocycles. The van der Waals surface area contributed by atoms with Crippen molar-refractivity contribution in [1.29, 1.82) is 0 Å². The van der Waals surface area contributed by atoms with Gasteiger partial charge < -0.3 is 4.90 Å². The molecule has 1 aromatic heterocycles. The van der Waals surface area contributed by atoms with Gasteiger partial charge in [0.1, 0.15) is 5.82 Å². The number of carbonyl (C=O) groups is 1. The Balaban J connectivity index is 1.74. The largest absolute Gasteiger partial charge is 0.324 e. The minimum atomic E-state index is -0.0140. The molecule has 21 heavy (non-hydrogen) atoms. The van der Waals surface area contributed by atoms with Crippen molar-refractivity contribution in [1.82, 2.24) is 19.7 Å². The van der Waals surface area contributed by atoms with Gasteiger partial charge in [0.2, 0.25) is 5.95 Å². The van der Waals surface area contributed by atoms with Crippen LogP contribution in [0.5, 0.6) is 0 Å². The van der Waals surface area contributed by atoms with Gasteiger partial charge in [-0.05, 0) is 32.1 Å². The number of nitrogens with one attached hydrogen (secondary N) is 1.